The summed E-state index contributed by atoms with van der Waals surface area (Å²) in [5.41, 5.74) is 11.1. The van der Waals surface area contributed by atoms with Gasteiger partial charge in [0, 0.05) is 22.2 Å². The van der Waals surface area contributed by atoms with Crippen LogP contribution < -0.4 is 0 Å². The van der Waals surface area contributed by atoms with Crippen molar-refractivity contribution in [2.75, 3.05) is 0 Å². The molecule has 0 aliphatic heterocycles. The van der Waals surface area contributed by atoms with Gasteiger partial charge in [0.15, 0.2) is 0 Å². The van der Waals surface area contributed by atoms with E-state index < -0.39 is 0 Å². The van der Waals surface area contributed by atoms with E-state index in [0.717, 1.165) is 62.4 Å². The summed E-state index contributed by atoms with van der Waals surface area (Å²) in [7, 11) is 0. The van der Waals surface area contributed by atoms with Crippen LogP contribution in [0.3, 0.4) is 0 Å². The van der Waals surface area contributed by atoms with Gasteiger partial charge in [0.2, 0.25) is 0 Å². The van der Waals surface area contributed by atoms with E-state index in [2.05, 4.69) is 53.7 Å². The fraction of sp³-hybridized carbons (Fsp3) is 0.600. The molecule has 1 aromatic carbocycles. The highest BCUT2D eigenvalue weighted by atomic mass is 14.8. The van der Waals surface area contributed by atoms with Gasteiger partial charge in [-0.15, -0.1) is 0 Å². The Morgan fingerprint density at radius 2 is 0.750 bits per heavy atom. The largest absolute Gasteiger partial charge is 0.250 e. The maximum Gasteiger partial charge on any atom is 0.0971 e. The van der Waals surface area contributed by atoms with E-state index in [1.165, 1.54) is 59.0 Å². The molecule has 2 nitrogen and oxygen atoms in total. The lowest BCUT2D eigenvalue weighted by molar-refractivity contribution is 0.806. The van der Waals surface area contributed by atoms with Crippen molar-refractivity contribution in [1.82, 2.24) is 9.97 Å². The minimum absolute atomic E-state index is 1.07. The molecule has 0 fully saturated rings. The smallest absolute Gasteiger partial charge is 0.0971 e. The molecule has 0 aliphatic carbocycles. The highest BCUT2D eigenvalue weighted by Crippen LogP contribution is 2.35. The first-order valence-corrected chi connectivity index (χ1v) is 13.4. The van der Waals surface area contributed by atoms with Gasteiger partial charge in [-0.2, -0.15) is 0 Å². The van der Waals surface area contributed by atoms with Crippen LogP contribution in [0.4, 0.5) is 0 Å². The lowest BCUT2D eigenvalue weighted by atomic mass is 9.89. The second-order valence-electron chi connectivity index (χ2n) is 9.39. The number of hydrogen-bond acceptors (Lipinski definition) is 2. The Labute approximate surface area is 196 Å². The zero-order chi connectivity index (χ0) is 23.1. The summed E-state index contributed by atoms with van der Waals surface area (Å²) < 4.78 is 0. The summed E-state index contributed by atoms with van der Waals surface area (Å²) >= 11 is 0. The zero-order valence-electron chi connectivity index (χ0n) is 21.5. The average Bonchev–Trinajstić information content (AvgIpc) is 2.78. The van der Waals surface area contributed by atoms with Crippen LogP contribution in [0.5, 0.6) is 0 Å². The Morgan fingerprint density at radius 3 is 1.06 bits per heavy atom. The maximum atomic E-state index is 5.37. The van der Waals surface area contributed by atoms with Gasteiger partial charge in [-0.3, -0.25) is 9.97 Å². The van der Waals surface area contributed by atoms with Gasteiger partial charge in [0.25, 0.3) is 0 Å². The van der Waals surface area contributed by atoms with Crippen LogP contribution in [0, 0.1) is 0 Å². The van der Waals surface area contributed by atoms with Crippen molar-refractivity contribution < 1.29 is 0 Å². The van der Waals surface area contributed by atoms with Crippen molar-refractivity contribution in [3.8, 4) is 0 Å². The van der Waals surface area contributed by atoms with E-state index in [1.807, 2.05) is 0 Å². The van der Waals surface area contributed by atoms with Crippen molar-refractivity contribution in [2.24, 2.45) is 0 Å². The molecule has 2 heteroatoms. The van der Waals surface area contributed by atoms with Crippen LogP contribution in [-0.4, -0.2) is 9.97 Å². The molecule has 0 saturated heterocycles. The molecule has 2 aromatic heterocycles. The zero-order valence-corrected chi connectivity index (χ0v) is 21.5. The third-order valence-electron chi connectivity index (χ3n) is 6.69. The Bertz CT molecular complexity index is 964. The van der Waals surface area contributed by atoms with E-state index >= 15 is 0 Å². The average molecular weight is 433 g/mol. The predicted molar refractivity (Wildman–Crippen MR) is 141 cm³/mol. The van der Waals surface area contributed by atoms with E-state index in [0.29, 0.717) is 0 Å². The van der Waals surface area contributed by atoms with Gasteiger partial charge in [-0.05, 0) is 60.8 Å². The normalized spacial score (nSPS) is 11.7. The van der Waals surface area contributed by atoms with Gasteiger partial charge in [-0.25, -0.2) is 0 Å². The Balaban J connectivity index is 2.45. The summed E-state index contributed by atoms with van der Waals surface area (Å²) in [5, 5.41) is 2.70. The molecule has 0 saturated carbocycles. The van der Waals surface area contributed by atoms with E-state index in [1.54, 1.807) is 11.1 Å². The molecular weight excluding hydrogens is 388 g/mol. The fourth-order valence-electron chi connectivity index (χ4n) is 5.42. The van der Waals surface area contributed by atoms with Crippen LogP contribution in [0.1, 0.15) is 114 Å². The molecule has 3 aromatic rings. The van der Waals surface area contributed by atoms with Crippen molar-refractivity contribution in [1.29, 1.82) is 0 Å². The lowest BCUT2D eigenvalue weighted by Crippen LogP contribution is -2.08. The molecule has 32 heavy (non-hydrogen) atoms. The Hall–Kier alpha value is -1.96. The summed E-state index contributed by atoms with van der Waals surface area (Å²) in [5.74, 6) is 0. The first kappa shape index (κ1) is 24.7. The number of nitrogens with zero attached hydrogens (tertiary/aromatic N) is 2. The van der Waals surface area contributed by atoms with Gasteiger partial charge >= 0.3 is 0 Å². The first-order chi connectivity index (χ1) is 15.6. The molecule has 0 spiro atoms. The molecule has 2 heterocycles. The number of hydrogen-bond donors (Lipinski definition) is 0. The number of rotatable bonds is 12. The quantitative estimate of drug-likeness (QED) is 0.268. The fourth-order valence-corrected chi connectivity index (χ4v) is 5.42. The summed E-state index contributed by atoms with van der Waals surface area (Å²) in [6, 6.07) is 4.75. The molecule has 0 amide bonds. The van der Waals surface area contributed by atoms with E-state index in [-0.39, 0.29) is 0 Å². The molecule has 0 radical (unpaired) electrons. The molecule has 3 rings (SSSR count). The van der Waals surface area contributed by atoms with Crippen LogP contribution in [0.2, 0.25) is 0 Å². The highest BCUT2D eigenvalue weighted by molar-refractivity contribution is 6.06. The maximum absolute atomic E-state index is 5.37. The number of fused-ring (bicyclic) bond motifs is 3. The first-order valence-electron chi connectivity index (χ1n) is 13.4. The molecule has 174 valence electrons. The van der Waals surface area contributed by atoms with Crippen LogP contribution in [0.25, 0.3) is 21.8 Å². The molecular formula is C30H44N2. The summed E-state index contributed by atoms with van der Waals surface area (Å²) in [6.45, 7) is 13.7. The third kappa shape index (κ3) is 4.85. The second kappa shape index (κ2) is 11.8. The van der Waals surface area contributed by atoms with E-state index in [9.17, 15) is 0 Å². The molecule has 0 unspecified atom stereocenters. The Kier molecular flexibility index (Phi) is 9.08. The van der Waals surface area contributed by atoms with Crippen molar-refractivity contribution in [3.05, 3.63) is 45.8 Å². The molecule has 0 N–H and O–H groups in total. The topological polar surface area (TPSA) is 25.8 Å². The van der Waals surface area contributed by atoms with Gasteiger partial charge < -0.3 is 0 Å². The van der Waals surface area contributed by atoms with Crippen LogP contribution >= 0.6 is 0 Å². The van der Waals surface area contributed by atoms with Gasteiger partial charge in [0.05, 0.1) is 11.0 Å². The van der Waals surface area contributed by atoms with E-state index in [4.69, 9.17) is 9.97 Å². The summed E-state index contributed by atoms with van der Waals surface area (Å²) in [6.07, 6.45) is 13.6. The minimum Gasteiger partial charge on any atom is -0.250 e. The minimum atomic E-state index is 1.07. The van der Waals surface area contributed by atoms with Gasteiger partial charge in [-0.1, -0.05) is 92.2 Å². The third-order valence-corrected chi connectivity index (χ3v) is 6.69. The number of aromatic nitrogens is 2. The van der Waals surface area contributed by atoms with Gasteiger partial charge in [0.1, 0.15) is 0 Å². The van der Waals surface area contributed by atoms with Crippen molar-refractivity contribution in [3.63, 3.8) is 0 Å². The summed E-state index contributed by atoms with van der Waals surface area (Å²) in [4.78, 5) is 10.7. The second-order valence-corrected chi connectivity index (χ2v) is 9.39. The van der Waals surface area contributed by atoms with Crippen LogP contribution in [0.15, 0.2) is 12.1 Å². The highest BCUT2D eigenvalue weighted by Gasteiger charge is 2.20. The number of pyridine rings is 2. The predicted octanol–water partition coefficient (Wildman–Crippen LogP) is 8.50. The SMILES string of the molecule is CCCc1nc2c(ccc3c(CCC)c(CCC)c(CCC)nc32)c(CCC)c1CCC. The molecule has 0 bridgehead atoms. The Morgan fingerprint density at radius 1 is 0.438 bits per heavy atom. The molecule has 0 atom stereocenters. The van der Waals surface area contributed by atoms with Crippen molar-refractivity contribution in [2.45, 2.75) is 119 Å². The van der Waals surface area contributed by atoms with Crippen molar-refractivity contribution >= 4 is 21.8 Å². The standard InChI is InChI=1S/C30H44N2/c1-7-13-21-23(15-9-3)27(17-11-5)31-29-25(21)19-20-26-22(14-8-2)24(16-10-4)28(18-12-6)32-30(26)29/h19-20H,7-18H2,1-6H3. The van der Waals surface area contributed by atoms with Crippen LogP contribution in [-0.2, 0) is 38.5 Å². The lowest BCUT2D eigenvalue weighted by Gasteiger charge is -2.20. The number of benzene rings is 1. The molecule has 0 aliphatic rings. The monoisotopic (exact) mass is 432 g/mol. The number of aryl methyl sites for hydroxylation is 4.